The number of carbonyl (C=O) groups excluding carboxylic acids is 1. The molecule has 3 aromatic rings. The predicted molar refractivity (Wildman–Crippen MR) is 163 cm³/mol. The highest BCUT2D eigenvalue weighted by Crippen LogP contribution is 2.51. The molecule has 2 N–H and O–H groups in total. The zero-order chi connectivity index (χ0) is 27.6. The Kier molecular flexibility index (Phi) is 8.22. The fourth-order valence-electron chi connectivity index (χ4n) is 5.91. The molecule has 1 aromatic heterocycles. The fourth-order valence-corrected chi connectivity index (χ4v) is 6.42. The van der Waals surface area contributed by atoms with Gasteiger partial charge in [0, 0.05) is 44.2 Å². The molecule has 2 amide bonds. The molecule has 2 aliphatic rings. The smallest absolute Gasteiger partial charge is 0.378 e. The monoisotopic (exact) mass is 584 g/mol. The number of aromatic nitrogens is 1. The van der Waals surface area contributed by atoms with Crippen LogP contribution in [0.15, 0.2) is 60.8 Å². The maximum Gasteiger partial charge on any atom is 0.422 e. The topological polar surface area (TPSA) is 57.3 Å². The number of urea groups is 1. The van der Waals surface area contributed by atoms with Crippen molar-refractivity contribution in [2.45, 2.75) is 24.8 Å². The van der Waals surface area contributed by atoms with Gasteiger partial charge in [0.2, 0.25) is 0 Å². The summed E-state index contributed by atoms with van der Waals surface area (Å²) in [7, 11) is 4.11. The number of nitrogens with zero attached hydrogens (tertiary/aromatic N) is 3. The van der Waals surface area contributed by atoms with E-state index < -0.39 is 0 Å². The highest BCUT2D eigenvalue weighted by Gasteiger charge is 2.57. The maximum absolute atomic E-state index is 14.3. The van der Waals surface area contributed by atoms with Crippen LogP contribution in [0.5, 0.6) is 0 Å². The lowest BCUT2D eigenvalue weighted by Gasteiger charge is -2.36. The minimum Gasteiger partial charge on any atom is -0.378 e. The zero-order valence-electron chi connectivity index (χ0n) is 22.2. The fraction of sp³-hybridized carbons (Fsp3) is 0.333. The van der Waals surface area contributed by atoms with Crippen LogP contribution in [-0.4, -0.2) is 51.3 Å². The van der Waals surface area contributed by atoms with Gasteiger partial charge in [-0.3, -0.25) is 0 Å². The van der Waals surface area contributed by atoms with Crippen LogP contribution in [0, 0.1) is 0 Å². The Morgan fingerprint density at radius 2 is 1.87 bits per heavy atom. The number of amides is 2. The van der Waals surface area contributed by atoms with Crippen molar-refractivity contribution in [3.8, 4) is 0 Å². The number of piperidine rings is 1. The number of halogens is 3. The standard InChI is InChI=1S/C30H32Cl3N5O/c1-37(2)23-6-8-27-24(18-23)30(10-13-34-14-11-30)20-38(27,15-3-4-21-5-7-25(31)26(32)16-21)29(39)36-19-22-9-12-35-28(33)17-22/h3-9,12,16-18,34H,10-11,13-15,19-20H2,1-2H3/p+1/b4-3+. The van der Waals surface area contributed by atoms with E-state index in [0.29, 0.717) is 34.8 Å². The van der Waals surface area contributed by atoms with Crippen LogP contribution in [0.2, 0.25) is 15.2 Å². The Hall–Kier alpha value is -2.61. The number of hydrogen-bond acceptors (Lipinski definition) is 4. The van der Waals surface area contributed by atoms with Crippen LogP contribution in [0.4, 0.5) is 16.2 Å². The van der Waals surface area contributed by atoms with Crippen LogP contribution in [0.1, 0.15) is 29.5 Å². The highest BCUT2D eigenvalue weighted by atomic mass is 35.5. The number of carbonyl (C=O) groups is 1. The van der Waals surface area contributed by atoms with Gasteiger partial charge in [-0.2, -0.15) is 0 Å². The Balaban J connectivity index is 1.54. The molecule has 1 saturated heterocycles. The third kappa shape index (κ3) is 5.67. The molecule has 6 nitrogen and oxygen atoms in total. The summed E-state index contributed by atoms with van der Waals surface area (Å²) in [5.41, 5.74) is 5.25. The lowest BCUT2D eigenvalue weighted by atomic mass is 9.74. The Morgan fingerprint density at radius 3 is 2.59 bits per heavy atom. The first-order valence-electron chi connectivity index (χ1n) is 13.1. The number of pyridine rings is 1. The summed E-state index contributed by atoms with van der Waals surface area (Å²) in [6.07, 6.45) is 7.72. The molecule has 9 heteroatoms. The molecule has 5 rings (SSSR count). The molecule has 204 valence electrons. The van der Waals surface area contributed by atoms with Crippen molar-refractivity contribution in [2.75, 3.05) is 45.2 Å². The second-order valence-corrected chi connectivity index (χ2v) is 11.9. The van der Waals surface area contributed by atoms with E-state index in [1.807, 2.05) is 24.3 Å². The van der Waals surface area contributed by atoms with E-state index in [-0.39, 0.29) is 15.9 Å². The van der Waals surface area contributed by atoms with Gasteiger partial charge in [-0.05, 0) is 79.5 Å². The second kappa shape index (κ2) is 11.5. The lowest BCUT2D eigenvalue weighted by Crippen LogP contribution is -2.60. The molecule has 3 heterocycles. The average molecular weight is 586 g/mol. The minimum absolute atomic E-state index is 0.0315. The van der Waals surface area contributed by atoms with Crippen LogP contribution in [-0.2, 0) is 12.0 Å². The van der Waals surface area contributed by atoms with Gasteiger partial charge in [0.05, 0.1) is 15.5 Å². The van der Waals surface area contributed by atoms with E-state index in [0.717, 1.165) is 48.4 Å². The molecule has 2 aromatic carbocycles. The van der Waals surface area contributed by atoms with E-state index in [9.17, 15) is 4.79 Å². The van der Waals surface area contributed by atoms with Crippen LogP contribution >= 0.6 is 34.8 Å². The SMILES string of the molecule is CN(C)c1ccc2c(c1)C1(CCNCC1)C[N+]2(C/C=C/c1ccc(Cl)c(Cl)c1)C(=O)NCc1ccnc(Cl)c1. The van der Waals surface area contributed by atoms with Crippen molar-refractivity contribution in [1.29, 1.82) is 0 Å². The lowest BCUT2D eigenvalue weighted by molar-refractivity contribution is 0.189. The summed E-state index contributed by atoms with van der Waals surface area (Å²) < 4.78 is 0.194. The summed E-state index contributed by atoms with van der Waals surface area (Å²) in [5.74, 6) is 0. The van der Waals surface area contributed by atoms with E-state index in [1.165, 1.54) is 5.56 Å². The van der Waals surface area contributed by atoms with Gasteiger partial charge in [-0.1, -0.05) is 46.9 Å². The van der Waals surface area contributed by atoms with Gasteiger partial charge >= 0.3 is 6.03 Å². The number of benzene rings is 2. The summed E-state index contributed by atoms with van der Waals surface area (Å²) in [6, 6.07) is 15.7. The van der Waals surface area contributed by atoms with Crippen LogP contribution in [0.25, 0.3) is 6.08 Å². The number of nitrogens with one attached hydrogen (secondary N) is 2. The molecule has 2 aliphatic heterocycles. The maximum atomic E-state index is 14.3. The molecule has 1 unspecified atom stereocenters. The summed E-state index contributed by atoms with van der Waals surface area (Å²) in [6.45, 7) is 3.45. The first-order valence-corrected chi connectivity index (χ1v) is 14.3. The number of hydrogen-bond donors (Lipinski definition) is 2. The van der Waals surface area contributed by atoms with Crippen molar-refractivity contribution in [3.05, 3.63) is 92.7 Å². The van der Waals surface area contributed by atoms with E-state index in [2.05, 4.69) is 58.9 Å². The van der Waals surface area contributed by atoms with Gasteiger partial charge in [0.15, 0.2) is 0 Å². The normalized spacial score (nSPS) is 19.8. The minimum atomic E-state index is -0.0820. The van der Waals surface area contributed by atoms with Crippen molar-refractivity contribution in [3.63, 3.8) is 0 Å². The van der Waals surface area contributed by atoms with Crippen molar-refractivity contribution in [2.24, 2.45) is 0 Å². The Morgan fingerprint density at radius 1 is 1.08 bits per heavy atom. The molecule has 39 heavy (non-hydrogen) atoms. The molecule has 0 bridgehead atoms. The molecular weight excluding hydrogens is 553 g/mol. The van der Waals surface area contributed by atoms with Crippen molar-refractivity contribution < 1.29 is 4.79 Å². The Bertz CT molecular complexity index is 1400. The highest BCUT2D eigenvalue weighted by molar-refractivity contribution is 6.42. The third-order valence-electron chi connectivity index (χ3n) is 7.96. The first-order chi connectivity index (χ1) is 18.7. The van der Waals surface area contributed by atoms with E-state index in [1.54, 1.807) is 18.3 Å². The number of anilines is 1. The van der Waals surface area contributed by atoms with E-state index in [4.69, 9.17) is 34.8 Å². The van der Waals surface area contributed by atoms with Gasteiger partial charge in [-0.25, -0.2) is 14.3 Å². The zero-order valence-corrected chi connectivity index (χ0v) is 24.5. The predicted octanol–water partition coefficient (Wildman–Crippen LogP) is 6.67. The van der Waals surface area contributed by atoms with Gasteiger partial charge < -0.3 is 15.5 Å². The quantitative estimate of drug-likeness (QED) is 0.251. The molecule has 0 saturated carbocycles. The Labute approximate surface area is 245 Å². The van der Waals surface area contributed by atoms with Gasteiger partial charge in [0.1, 0.15) is 23.9 Å². The molecule has 1 atom stereocenters. The second-order valence-electron chi connectivity index (χ2n) is 10.7. The number of quaternary nitrogens is 1. The summed E-state index contributed by atoms with van der Waals surface area (Å²) >= 11 is 18.5. The van der Waals surface area contributed by atoms with Crippen molar-refractivity contribution in [1.82, 2.24) is 20.1 Å². The molecule has 1 fully saturated rings. The largest absolute Gasteiger partial charge is 0.422 e. The molecular formula is C30H33Cl3N5O+. The van der Waals surface area contributed by atoms with E-state index >= 15 is 0 Å². The first kappa shape index (κ1) is 27.9. The van der Waals surface area contributed by atoms with Crippen molar-refractivity contribution >= 4 is 58.3 Å². The van der Waals surface area contributed by atoms with Gasteiger partial charge in [-0.15, -0.1) is 0 Å². The average Bonchev–Trinajstić information content (AvgIpc) is 3.19. The molecule has 0 radical (unpaired) electrons. The third-order valence-corrected chi connectivity index (χ3v) is 8.90. The molecule has 0 aliphatic carbocycles. The summed E-state index contributed by atoms with van der Waals surface area (Å²) in [4.78, 5) is 20.5. The molecule has 1 spiro atoms. The summed E-state index contributed by atoms with van der Waals surface area (Å²) in [5, 5.41) is 8.17. The van der Waals surface area contributed by atoms with Gasteiger partial charge in [0.25, 0.3) is 0 Å². The number of fused-ring (bicyclic) bond motifs is 2. The van der Waals surface area contributed by atoms with Crippen LogP contribution in [0.3, 0.4) is 0 Å². The van der Waals surface area contributed by atoms with Crippen LogP contribution < -0.4 is 20.0 Å². The number of rotatable bonds is 6.